The van der Waals surface area contributed by atoms with Crippen molar-refractivity contribution in [3.63, 3.8) is 0 Å². The number of rotatable bonds is 3. The molecule has 0 aliphatic carbocycles. The van der Waals surface area contributed by atoms with Gasteiger partial charge in [0.2, 0.25) is 0 Å². The molecule has 0 unspecified atom stereocenters. The Morgan fingerprint density at radius 1 is 0.962 bits per heavy atom. The standard InChI is InChI=1S/C23H22N2O/c1-17-15-20(18-9-4-2-5-10-18)16-21(24-17)22-13-8-14-25(22)23(26)19-11-6-3-7-12-19/h2-7,9-12,15-16,22H,8,13-14H2,1H3/t22-/m1/s1. The summed E-state index contributed by atoms with van der Waals surface area (Å²) in [5.74, 6) is 0.0951. The van der Waals surface area contributed by atoms with Gasteiger partial charge in [-0.05, 0) is 55.2 Å². The predicted octanol–water partition coefficient (Wildman–Crippen LogP) is 5.03. The van der Waals surface area contributed by atoms with Crippen molar-refractivity contribution in [3.05, 3.63) is 89.7 Å². The molecule has 1 aliphatic rings. The third kappa shape index (κ3) is 3.25. The van der Waals surface area contributed by atoms with E-state index in [1.807, 2.05) is 60.4 Å². The van der Waals surface area contributed by atoms with Crippen LogP contribution in [-0.4, -0.2) is 22.3 Å². The van der Waals surface area contributed by atoms with Crippen molar-refractivity contribution in [2.24, 2.45) is 0 Å². The predicted molar refractivity (Wildman–Crippen MR) is 104 cm³/mol. The minimum absolute atomic E-state index is 0.0464. The first kappa shape index (κ1) is 16.5. The maximum Gasteiger partial charge on any atom is 0.254 e. The van der Waals surface area contributed by atoms with Crippen LogP contribution in [0.15, 0.2) is 72.8 Å². The zero-order valence-electron chi connectivity index (χ0n) is 14.9. The maximum absolute atomic E-state index is 13.0. The highest BCUT2D eigenvalue weighted by Crippen LogP contribution is 2.34. The van der Waals surface area contributed by atoms with E-state index in [-0.39, 0.29) is 11.9 Å². The van der Waals surface area contributed by atoms with Gasteiger partial charge in [0.1, 0.15) is 0 Å². The molecule has 1 saturated heterocycles. The van der Waals surface area contributed by atoms with Crippen LogP contribution >= 0.6 is 0 Å². The molecular weight excluding hydrogens is 320 g/mol. The Morgan fingerprint density at radius 3 is 2.38 bits per heavy atom. The second kappa shape index (κ2) is 7.12. The van der Waals surface area contributed by atoms with Gasteiger partial charge >= 0.3 is 0 Å². The van der Waals surface area contributed by atoms with Gasteiger partial charge in [-0.1, -0.05) is 48.5 Å². The fourth-order valence-electron chi connectivity index (χ4n) is 3.73. The highest BCUT2D eigenvalue weighted by molar-refractivity contribution is 5.94. The van der Waals surface area contributed by atoms with Gasteiger partial charge in [-0.25, -0.2) is 0 Å². The van der Waals surface area contributed by atoms with E-state index in [1.54, 1.807) is 0 Å². The molecule has 3 aromatic rings. The first-order chi connectivity index (χ1) is 12.7. The number of pyridine rings is 1. The second-order valence-corrected chi connectivity index (χ2v) is 6.81. The lowest BCUT2D eigenvalue weighted by atomic mass is 10.0. The molecule has 1 aromatic heterocycles. The van der Waals surface area contributed by atoms with Crippen LogP contribution in [0.25, 0.3) is 11.1 Å². The van der Waals surface area contributed by atoms with E-state index in [2.05, 4.69) is 24.3 Å². The molecule has 2 heterocycles. The van der Waals surface area contributed by atoms with E-state index < -0.39 is 0 Å². The van der Waals surface area contributed by atoms with Crippen LogP contribution in [0.5, 0.6) is 0 Å². The minimum atomic E-state index is 0.0464. The van der Waals surface area contributed by atoms with Gasteiger partial charge in [-0.2, -0.15) is 0 Å². The summed E-state index contributed by atoms with van der Waals surface area (Å²) in [6.07, 6.45) is 1.97. The topological polar surface area (TPSA) is 33.2 Å². The normalized spacial score (nSPS) is 16.7. The van der Waals surface area contributed by atoms with Crippen molar-refractivity contribution in [2.75, 3.05) is 6.54 Å². The summed E-state index contributed by atoms with van der Waals surface area (Å²) < 4.78 is 0. The molecule has 0 spiro atoms. The lowest BCUT2D eigenvalue weighted by Gasteiger charge is -2.25. The number of carbonyl (C=O) groups excluding carboxylic acids is 1. The summed E-state index contributed by atoms with van der Waals surface area (Å²) in [5.41, 5.74) is 5.06. The SMILES string of the molecule is Cc1cc(-c2ccccc2)cc([C@H]2CCCN2C(=O)c2ccccc2)n1. The summed E-state index contributed by atoms with van der Waals surface area (Å²) in [7, 11) is 0. The number of carbonyl (C=O) groups is 1. The summed E-state index contributed by atoms with van der Waals surface area (Å²) in [4.78, 5) is 19.7. The zero-order valence-corrected chi connectivity index (χ0v) is 14.9. The number of benzene rings is 2. The molecule has 4 rings (SSSR count). The largest absolute Gasteiger partial charge is 0.330 e. The molecule has 1 atom stereocenters. The Labute approximate surface area is 154 Å². The lowest BCUT2D eigenvalue weighted by Crippen LogP contribution is -2.31. The number of hydrogen-bond donors (Lipinski definition) is 0. The minimum Gasteiger partial charge on any atom is -0.330 e. The molecule has 0 N–H and O–H groups in total. The van der Waals surface area contributed by atoms with Gasteiger partial charge in [0.25, 0.3) is 5.91 Å². The van der Waals surface area contributed by atoms with Gasteiger partial charge in [-0.3, -0.25) is 9.78 Å². The third-order valence-electron chi connectivity index (χ3n) is 4.96. The zero-order chi connectivity index (χ0) is 17.9. The summed E-state index contributed by atoms with van der Waals surface area (Å²) in [6.45, 7) is 2.81. The Kier molecular flexibility index (Phi) is 4.53. The summed E-state index contributed by atoms with van der Waals surface area (Å²) in [5, 5.41) is 0. The number of aryl methyl sites for hydroxylation is 1. The van der Waals surface area contributed by atoms with E-state index in [0.717, 1.165) is 41.9 Å². The molecule has 1 fully saturated rings. The molecule has 3 nitrogen and oxygen atoms in total. The van der Waals surface area contributed by atoms with Crippen LogP contribution in [0.2, 0.25) is 0 Å². The van der Waals surface area contributed by atoms with Crippen LogP contribution in [0.4, 0.5) is 0 Å². The first-order valence-corrected chi connectivity index (χ1v) is 9.12. The number of aromatic nitrogens is 1. The molecule has 0 bridgehead atoms. The smallest absolute Gasteiger partial charge is 0.254 e. The highest BCUT2D eigenvalue weighted by atomic mass is 16.2. The molecule has 26 heavy (non-hydrogen) atoms. The lowest BCUT2D eigenvalue weighted by molar-refractivity contribution is 0.0733. The molecule has 130 valence electrons. The van der Waals surface area contributed by atoms with E-state index in [0.29, 0.717) is 0 Å². The van der Waals surface area contributed by atoms with Crippen LogP contribution in [0, 0.1) is 6.92 Å². The average molecular weight is 342 g/mol. The second-order valence-electron chi connectivity index (χ2n) is 6.81. The fraction of sp³-hybridized carbons (Fsp3) is 0.217. The molecule has 2 aromatic carbocycles. The number of likely N-dealkylation sites (tertiary alicyclic amines) is 1. The van der Waals surface area contributed by atoms with Crippen LogP contribution < -0.4 is 0 Å². The van der Waals surface area contributed by atoms with Crippen LogP contribution in [0.3, 0.4) is 0 Å². The molecule has 0 saturated carbocycles. The average Bonchev–Trinajstić information content (AvgIpc) is 3.18. The van der Waals surface area contributed by atoms with Crippen molar-refractivity contribution in [1.82, 2.24) is 9.88 Å². The van der Waals surface area contributed by atoms with Gasteiger partial charge in [0, 0.05) is 17.8 Å². The van der Waals surface area contributed by atoms with Crippen molar-refractivity contribution in [3.8, 4) is 11.1 Å². The fourth-order valence-corrected chi connectivity index (χ4v) is 3.73. The Morgan fingerprint density at radius 2 is 1.65 bits per heavy atom. The monoisotopic (exact) mass is 342 g/mol. The Balaban J connectivity index is 1.68. The van der Waals surface area contributed by atoms with Gasteiger partial charge in [0.05, 0.1) is 11.7 Å². The molecule has 3 heteroatoms. The number of amides is 1. The van der Waals surface area contributed by atoms with Crippen molar-refractivity contribution in [1.29, 1.82) is 0 Å². The Bertz CT molecular complexity index is 906. The third-order valence-corrected chi connectivity index (χ3v) is 4.96. The van der Waals surface area contributed by atoms with Gasteiger partial charge in [-0.15, -0.1) is 0 Å². The van der Waals surface area contributed by atoms with Gasteiger partial charge in [0.15, 0.2) is 0 Å². The summed E-state index contributed by atoms with van der Waals surface area (Å²) >= 11 is 0. The van der Waals surface area contributed by atoms with Crippen molar-refractivity contribution in [2.45, 2.75) is 25.8 Å². The molecule has 1 amide bonds. The van der Waals surface area contributed by atoms with E-state index >= 15 is 0 Å². The number of nitrogens with zero attached hydrogens (tertiary/aromatic N) is 2. The van der Waals surface area contributed by atoms with E-state index in [4.69, 9.17) is 4.98 Å². The van der Waals surface area contributed by atoms with E-state index in [1.165, 1.54) is 5.56 Å². The van der Waals surface area contributed by atoms with Gasteiger partial charge < -0.3 is 4.90 Å². The van der Waals surface area contributed by atoms with Crippen LogP contribution in [0.1, 0.15) is 40.6 Å². The quantitative estimate of drug-likeness (QED) is 0.668. The van der Waals surface area contributed by atoms with E-state index in [9.17, 15) is 4.79 Å². The Hall–Kier alpha value is -2.94. The first-order valence-electron chi connectivity index (χ1n) is 9.12. The van der Waals surface area contributed by atoms with Crippen LogP contribution in [-0.2, 0) is 0 Å². The maximum atomic E-state index is 13.0. The summed E-state index contributed by atoms with van der Waals surface area (Å²) in [6, 6.07) is 24.2. The van der Waals surface area contributed by atoms with Crippen molar-refractivity contribution < 1.29 is 4.79 Å². The molecule has 0 radical (unpaired) electrons. The van der Waals surface area contributed by atoms with Crippen molar-refractivity contribution >= 4 is 5.91 Å². The molecular formula is C23H22N2O. The molecule has 1 aliphatic heterocycles. The number of hydrogen-bond acceptors (Lipinski definition) is 2. The highest BCUT2D eigenvalue weighted by Gasteiger charge is 2.31.